The summed E-state index contributed by atoms with van der Waals surface area (Å²) in [5.74, 6) is 1.59. The first-order valence-corrected chi connectivity index (χ1v) is 11.3. The maximum absolute atomic E-state index is 12.4. The van der Waals surface area contributed by atoms with Crippen molar-refractivity contribution < 1.29 is 28.2 Å². The Morgan fingerprint density at radius 2 is 1.85 bits per heavy atom. The van der Waals surface area contributed by atoms with Gasteiger partial charge in [-0.05, 0) is 57.0 Å². The maximum atomic E-state index is 12.4. The number of esters is 1. The van der Waals surface area contributed by atoms with E-state index in [2.05, 4.69) is 4.98 Å². The first kappa shape index (κ1) is 23.4. The fourth-order valence-corrected chi connectivity index (χ4v) is 3.78. The first-order chi connectivity index (χ1) is 16.4. The smallest absolute Gasteiger partial charge is 0.418 e. The molecule has 4 rings (SSSR count). The molecule has 1 saturated heterocycles. The summed E-state index contributed by atoms with van der Waals surface area (Å²) in [6.45, 7) is 8.19. The van der Waals surface area contributed by atoms with Crippen LogP contribution in [0.1, 0.15) is 50.3 Å². The van der Waals surface area contributed by atoms with Crippen molar-refractivity contribution in [1.29, 1.82) is 0 Å². The number of carbonyl (C=O) groups is 2. The third kappa shape index (κ3) is 4.90. The Kier molecular flexibility index (Phi) is 6.86. The van der Waals surface area contributed by atoms with Crippen LogP contribution in [-0.2, 0) is 16.1 Å². The van der Waals surface area contributed by atoms with E-state index < -0.39 is 18.1 Å². The first-order valence-electron chi connectivity index (χ1n) is 11.3. The second-order valence-electron chi connectivity index (χ2n) is 8.33. The normalized spacial score (nSPS) is 15.7. The van der Waals surface area contributed by atoms with Crippen LogP contribution in [0.2, 0.25) is 0 Å². The van der Waals surface area contributed by atoms with Crippen LogP contribution in [0.4, 0.5) is 4.79 Å². The van der Waals surface area contributed by atoms with Gasteiger partial charge in [-0.1, -0.05) is 31.2 Å². The van der Waals surface area contributed by atoms with Crippen LogP contribution >= 0.6 is 0 Å². The fourth-order valence-electron chi connectivity index (χ4n) is 3.78. The van der Waals surface area contributed by atoms with E-state index in [1.165, 1.54) is 4.90 Å². The summed E-state index contributed by atoms with van der Waals surface area (Å²) in [5.41, 5.74) is 2.17. The van der Waals surface area contributed by atoms with Crippen molar-refractivity contribution in [3.63, 3.8) is 0 Å². The maximum Gasteiger partial charge on any atom is 0.418 e. The molecule has 1 aliphatic heterocycles. The van der Waals surface area contributed by atoms with Crippen LogP contribution in [-0.4, -0.2) is 34.6 Å². The largest absolute Gasteiger partial charge is 0.487 e. The molecule has 1 fully saturated rings. The summed E-state index contributed by atoms with van der Waals surface area (Å²) >= 11 is 0. The second kappa shape index (κ2) is 9.99. The lowest BCUT2D eigenvalue weighted by Gasteiger charge is -2.21. The number of hydrogen-bond acceptors (Lipinski definition) is 7. The van der Waals surface area contributed by atoms with Gasteiger partial charge >= 0.3 is 12.1 Å². The predicted molar refractivity (Wildman–Crippen MR) is 124 cm³/mol. The van der Waals surface area contributed by atoms with E-state index >= 15 is 0 Å². The van der Waals surface area contributed by atoms with Gasteiger partial charge in [-0.2, -0.15) is 0 Å². The van der Waals surface area contributed by atoms with Crippen molar-refractivity contribution in [3.05, 3.63) is 65.5 Å². The van der Waals surface area contributed by atoms with Crippen LogP contribution in [0.25, 0.3) is 11.5 Å². The summed E-state index contributed by atoms with van der Waals surface area (Å²) in [6, 6.07) is 14.1. The van der Waals surface area contributed by atoms with Gasteiger partial charge in [-0.3, -0.25) is 4.90 Å². The number of benzene rings is 2. The molecule has 2 aromatic carbocycles. The Morgan fingerprint density at radius 3 is 2.56 bits per heavy atom. The van der Waals surface area contributed by atoms with E-state index in [0.29, 0.717) is 47.4 Å². The van der Waals surface area contributed by atoms with Gasteiger partial charge in [0.25, 0.3) is 0 Å². The minimum Gasteiger partial charge on any atom is -0.487 e. The van der Waals surface area contributed by atoms with Crippen LogP contribution in [0.5, 0.6) is 11.5 Å². The summed E-state index contributed by atoms with van der Waals surface area (Å²) in [7, 11) is 0. The average Bonchev–Trinajstić information content (AvgIpc) is 3.31. The van der Waals surface area contributed by atoms with Crippen LogP contribution in [0.15, 0.2) is 52.9 Å². The van der Waals surface area contributed by atoms with Gasteiger partial charge in [0.1, 0.15) is 18.1 Å². The molecule has 34 heavy (non-hydrogen) atoms. The second-order valence-corrected chi connectivity index (χ2v) is 8.33. The molecule has 0 aliphatic carbocycles. The zero-order chi connectivity index (χ0) is 24.2. The van der Waals surface area contributed by atoms with E-state index in [-0.39, 0.29) is 12.7 Å². The molecule has 1 aliphatic rings. The molecule has 0 saturated carbocycles. The SMILES string of the molecule is CCCN1C(=O)OC(=O)C1c1ccc(OCc2nc(-c3ccccc3)oc2C)c(OC(C)C)c1. The van der Waals surface area contributed by atoms with Gasteiger partial charge < -0.3 is 18.6 Å². The number of aryl methyl sites for hydroxylation is 1. The monoisotopic (exact) mass is 464 g/mol. The van der Waals surface area contributed by atoms with Crippen LogP contribution < -0.4 is 9.47 Å². The molecule has 0 radical (unpaired) electrons. The van der Waals surface area contributed by atoms with Crippen molar-refractivity contribution >= 4 is 12.1 Å². The lowest BCUT2D eigenvalue weighted by Crippen LogP contribution is -2.29. The molecule has 0 bridgehead atoms. The molecule has 3 aromatic rings. The number of aromatic nitrogens is 1. The standard InChI is InChI=1S/C26H28N2O6/c1-5-13-28-23(25(29)34-26(28)30)19-11-12-21(22(14-19)32-16(2)3)31-15-20-17(4)33-24(27-20)18-9-7-6-8-10-18/h6-12,14,16,23H,5,13,15H2,1-4H3. The quantitative estimate of drug-likeness (QED) is 0.307. The number of carbonyl (C=O) groups excluding carboxylic acids is 2. The molecule has 2 heterocycles. The molecule has 1 atom stereocenters. The fraction of sp³-hybridized carbons (Fsp3) is 0.346. The summed E-state index contributed by atoms with van der Waals surface area (Å²) in [5, 5.41) is 0. The molecular weight excluding hydrogens is 436 g/mol. The number of oxazole rings is 1. The van der Waals surface area contributed by atoms with E-state index in [1.54, 1.807) is 18.2 Å². The van der Waals surface area contributed by atoms with Gasteiger partial charge in [0.15, 0.2) is 17.5 Å². The lowest BCUT2D eigenvalue weighted by molar-refractivity contribution is -0.136. The third-order valence-electron chi connectivity index (χ3n) is 5.35. The summed E-state index contributed by atoms with van der Waals surface area (Å²) in [6.07, 6.45) is -0.0449. The third-order valence-corrected chi connectivity index (χ3v) is 5.35. The highest BCUT2D eigenvalue weighted by molar-refractivity contribution is 5.96. The molecule has 178 valence electrons. The Hall–Kier alpha value is -3.81. The molecule has 0 N–H and O–H groups in total. The highest BCUT2D eigenvalue weighted by atomic mass is 16.6. The van der Waals surface area contributed by atoms with E-state index in [1.807, 2.05) is 58.0 Å². The molecular formula is C26H28N2O6. The zero-order valence-electron chi connectivity index (χ0n) is 19.7. The Balaban J connectivity index is 1.57. The molecule has 8 heteroatoms. The number of nitrogens with zero attached hydrogens (tertiary/aromatic N) is 2. The van der Waals surface area contributed by atoms with Gasteiger partial charge in [0.05, 0.1) is 6.10 Å². The molecule has 1 aromatic heterocycles. The Morgan fingerprint density at radius 1 is 1.09 bits per heavy atom. The highest BCUT2D eigenvalue weighted by Crippen LogP contribution is 2.36. The topological polar surface area (TPSA) is 91.1 Å². The Labute approximate surface area is 198 Å². The van der Waals surface area contributed by atoms with E-state index in [0.717, 1.165) is 5.56 Å². The number of rotatable bonds is 9. The van der Waals surface area contributed by atoms with Crippen molar-refractivity contribution in [2.75, 3.05) is 6.54 Å². The number of hydrogen-bond donors (Lipinski definition) is 0. The Bertz CT molecular complexity index is 1170. The number of cyclic esters (lactones) is 2. The van der Waals surface area contributed by atoms with Crippen molar-refractivity contribution in [2.45, 2.75) is 52.9 Å². The van der Waals surface area contributed by atoms with E-state index in [9.17, 15) is 9.59 Å². The minimum absolute atomic E-state index is 0.125. The number of amides is 1. The molecule has 8 nitrogen and oxygen atoms in total. The molecule has 1 amide bonds. The minimum atomic E-state index is -0.803. The predicted octanol–water partition coefficient (Wildman–Crippen LogP) is 5.45. The highest BCUT2D eigenvalue weighted by Gasteiger charge is 2.42. The van der Waals surface area contributed by atoms with Gasteiger partial charge in [-0.25, -0.2) is 14.6 Å². The summed E-state index contributed by atoms with van der Waals surface area (Å²) < 4.78 is 22.7. The molecule has 1 unspecified atom stereocenters. The molecule has 0 spiro atoms. The van der Waals surface area contributed by atoms with Gasteiger partial charge in [0.2, 0.25) is 5.89 Å². The van der Waals surface area contributed by atoms with Crippen LogP contribution in [0, 0.1) is 6.92 Å². The average molecular weight is 465 g/mol. The lowest BCUT2D eigenvalue weighted by atomic mass is 10.1. The van der Waals surface area contributed by atoms with Crippen molar-refractivity contribution in [3.8, 4) is 23.0 Å². The summed E-state index contributed by atoms with van der Waals surface area (Å²) in [4.78, 5) is 30.5. The van der Waals surface area contributed by atoms with E-state index in [4.69, 9.17) is 18.6 Å². The number of ether oxygens (including phenoxy) is 3. The van der Waals surface area contributed by atoms with Gasteiger partial charge in [-0.15, -0.1) is 0 Å². The van der Waals surface area contributed by atoms with Crippen LogP contribution in [0.3, 0.4) is 0 Å². The zero-order valence-corrected chi connectivity index (χ0v) is 19.7. The van der Waals surface area contributed by atoms with Crippen molar-refractivity contribution in [2.24, 2.45) is 0 Å². The van der Waals surface area contributed by atoms with Crippen molar-refractivity contribution in [1.82, 2.24) is 9.88 Å². The van der Waals surface area contributed by atoms with Gasteiger partial charge in [0, 0.05) is 12.1 Å².